The van der Waals surface area contributed by atoms with Crippen molar-refractivity contribution in [2.75, 3.05) is 5.32 Å². The third-order valence-corrected chi connectivity index (χ3v) is 9.38. The van der Waals surface area contributed by atoms with Gasteiger partial charge in [-0.05, 0) is 86.6 Å². The first kappa shape index (κ1) is 27.9. The van der Waals surface area contributed by atoms with E-state index in [2.05, 4.69) is 198 Å². The molecule has 0 radical (unpaired) electrons. The molecule has 9 aromatic rings. The van der Waals surface area contributed by atoms with Crippen LogP contribution in [0.3, 0.4) is 0 Å². The van der Waals surface area contributed by atoms with Crippen molar-refractivity contribution in [3.05, 3.63) is 188 Å². The predicted molar refractivity (Wildman–Crippen MR) is 204 cm³/mol. The van der Waals surface area contributed by atoms with Crippen molar-refractivity contribution >= 4 is 44.0 Å². The van der Waals surface area contributed by atoms with Crippen LogP contribution >= 0.6 is 0 Å². The molecule has 8 aromatic carbocycles. The molecule has 0 aliphatic rings. The van der Waals surface area contributed by atoms with Gasteiger partial charge >= 0.3 is 0 Å². The van der Waals surface area contributed by atoms with Crippen LogP contribution in [0.4, 0.5) is 11.4 Å². The molecular weight excluding hydrogens is 581 g/mol. The zero-order valence-corrected chi connectivity index (χ0v) is 26.3. The second-order valence-corrected chi connectivity index (χ2v) is 12.3. The summed E-state index contributed by atoms with van der Waals surface area (Å²) >= 11 is 0. The van der Waals surface area contributed by atoms with Crippen molar-refractivity contribution in [3.63, 3.8) is 0 Å². The molecule has 0 amide bonds. The Morgan fingerprint density at radius 3 is 1.71 bits per heavy atom. The van der Waals surface area contributed by atoms with Gasteiger partial charge in [-0.15, -0.1) is 0 Å². The quantitative estimate of drug-likeness (QED) is 0.198. The molecule has 0 saturated heterocycles. The topological polar surface area (TPSA) is 17.0 Å². The first-order chi connectivity index (χ1) is 23.8. The van der Waals surface area contributed by atoms with E-state index in [4.69, 9.17) is 0 Å². The molecule has 1 heterocycles. The van der Waals surface area contributed by atoms with Crippen LogP contribution in [0.1, 0.15) is 0 Å². The molecule has 0 bridgehead atoms. The van der Waals surface area contributed by atoms with Crippen LogP contribution in [0.5, 0.6) is 0 Å². The number of para-hydroxylation sites is 1. The van der Waals surface area contributed by atoms with Gasteiger partial charge in [0.25, 0.3) is 0 Å². The fraction of sp³-hybridized carbons (Fsp3) is 0. The van der Waals surface area contributed by atoms with E-state index in [1.807, 2.05) is 0 Å². The number of anilines is 2. The Bertz CT molecular complexity index is 2540. The maximum Gasteiger partial charge on any atom is 0.0561 e. The van der Waals surface area contributed by atoms with Crippen molar-refractivity contribution < 1.29 is 0 Å². The van der Waals surface area contributed by atoms with E-state index in [-0.39, 0.29) is 0 Å². The minimum absolute atomic E-state index is 1.05. The normalized spacial score (nSPS) is 11.3. The summed E-state index contributed by atoms with van der Waals surface area (Å²) < 4.78 is 2.37. The summed E-state index contributed by atoms with van der Waals surface area (Å²) in [4.78, 5) is 0. The number of benzene rings is 8. The summed E-state index contributed by atoms with van der Waals surface area (Å²) in [6.45, 7) is 0. The minimum Gasteiger partial charge on any atom is -0.355 e. The zero-order valence-electron chi connectivity index (χ0n) is 26.3. The van der Waals surface area contributed by atoms with Crippen molar-refractivity contribution in [2.45, 2.75) is 0 Å². The molecule has 0 saturated carbocycles. The Balaban J connectivity index is 1.08. The highest BCUT2D eigenvalue weighted by molar-refractivity contribution is 6.10. The molecule has 1 N–H and O–H groups in total. The monoisotopic (exact) mass is 612 g/mol. The van der Waals surface area contributed by atoms with Gasteiger partial charge < -0.3 is 9.88 Å². The van der Waals surface area contributed by atoms with Gasteiger partial charge in [-0.1, -0.05) is 146 Å². The van der Waals surface area contributed by atoms with Crippen LogP contribution in [-0.4, -0.2) is 4.57 Å². The lowest BCUT2D eigenvalue weighted by atomic mass is 9.90. The van der Waals surface area contributed by atoms with Gasteiger partial charge in [0.1, 0.15) is 0 Å². The molecule has 0 aliphatic carbocycles. The predicted octanol–water partition coefficient (Wildman–Crippen LogP) is 12.7. The molecule has 0 spiro atoms. The molecule has 0 atom stereocenters. The highest BCUT2D eigenvalue weighted by Gasteiger charge is 2.14. The third-order valence-electron chi connectivity index (χ3n) is 9.38. The zero-order chi connectivity index (χ0) is 31.9. The van der Waals surface area contributed by atoms with Gasteiger partial charge in [-0.25, -0.2) is 0 Å². The second-order valence-electron chi connectivity index (χ2n) is 12.3. The molecule has 0 aliphatic heterocycles. The standard InChI is InChI=1S/C46H32N2/c1-3-11-32(12-4-1)33-21-27-39(28-22-33)48-44-18-10-9-17-42(44)43-30-26-38(31-45(43)48)47-37-24-19-35(20-25-37)41-29-23-34-13-7-8-16-40(34)46(41)36-14-5-2-6-15-36/h1-31,47H. The van der Waals surface area contributed by atoms with E-state index in [1.54, 1.807) is 0 Å². The van der Waals surface area contributed by atoms with Crippen molar-refractivity contribution in [1.29, 1.82) is 0 Å². The summed E-state index contributed by atoms with van der Waals surface area (Å²) in [5.74, 6) is 0. The van der Waals surface area contributed by atoms with Crippen LogP contribution in [-0.2, 0) is 0 Å². The molecule has 9 rings (SSSR count). The average Bonchev–Trinajstić information content (AvgIpc) is 3.49. The van der Waals surface area contributed by atoms with E-state index in [0.717, 1.165) is 17.1 Å². The summed E-state index contributed by atoms with van der Waals surface area (Å²) in [5.41, 5.74) is 13.0. The lowest BCUT2D eigenvalue weighted by molar-refractivity contribution is 1.18. The van der Waals surface area contributed by atoms with E-state index in [1.165, 1.54) is 66.0 Å². The van der Waals surface area contributed by atoms with Gasteiger partial charge in [0.05, 0.1) is 11.0 Å². The first-order valence-corrected chi connectivity index (χ1v) is 16.4. The molecule has 2 heteroatoms. The van der Waals surface area contributed by atoms with Crippen LogP contribution < -0.4 is 5.32 Å². The number of aromatic nitrogens is 1. The number of fused-ring (bicyclic) bond motifs is 4. The average molecular weight is 613 g/mol. The lowest BCUT2D eigenvalue weighted by Gasteiger charge is -2.15. The van der Waals surface area contributed by atoms with Crippen LogP contribution in [0.15, 0.2) is 188 Å². The van der Waals surface area contributed by atoms with E-state index in [0.29, 0.717) is 0 Å². The molecule has 1 aromatic heterocycles. The summed E-state index contributed by atoms with van der Waals surface area (Å²) in [7, 11) is 0. The Morgan fingerprint density at radius 1 is 0.354 bits per heavy atom. The Labute approximate surface area is 280 Å². The van der Waals surface area contributed by atoms with E-state index in [9.17, 15) is 0 Å². The van der Waals surface area contributed by atoms with Gasteiger partial charge in [-0.2, -0.15) is 0 Å². The Hall–Kier alpha value is -6.38. The Kier molecular flexibility index (Phi) is 6.84. The SMILES string of the molecule is c1ccc(-c2ccc(-n3c4ccccc4c4ccc(Nc5ccc(-c6ccc7ccccc7c6-c6ccccc6)cc5)cc43)cc2)cc1. The lowest BCUT2D eigenvalue weighted by Crippen LogP contribution is -1.95. The molecular formula is C46H32N2. The largest absolute Gasteiger partial charge is 0.355 e. The van der Waals surface area contributed by atoms with Crippen LogP contribution in [0, 0.1) is 0 Å². The van der Waals surface area contributed by atoms with E-state index < -0.39 is 0 Å². The smallest absolute Gasteiger partial charge is 0.0561 e. The summed E-state index contributed by atoms with van der Waals surface area (Å²) in [5, 5.41) is 8.69. The number of nitrogens with zero attached hydrogens (tertiary/aromatic N) is 1. The van der Waals surface area contributed by atoms with Crippen molar-refractivity contribution in [1.82, 2.24) is 4.57 Å². The van der Waals surface area contributed by atoms with Gasteiger partial charge in [0.15, 0.2) is 0 Å². The molecule has 0 fully saturated rings. The maximum atomic E-state index is 3.69. The van der Waals surface area contributed by atoms with Crippen molar-refractivity contribution in [2.24, 2.45) is 0 Å². The number of nitrogens with one attached hydrogen (secondary N) is 1. The van der Waals surface area contributed by atoms with Crippen LogP contribution in [0.25, 0.3) is 71.6 Å². The highest BCUT2D eigenvalue weighted by Crippen LogP contribution is 2.39. The fourth-order valence-corrected chi connectivity index (χ4v) is 7.09. The second kappa shape index (κ2) is 11.8. The first-order valence-electron chi connectivity index (χ1n) is 16.4. The molecule has 2 nitrogen and oxygen atoms in total. The Morgan fingerprint density at radius 2 is 0.938 bits per heavy atom. The van der Waals surface area contributed by atoms with Gasteiger partial charge in [0, 0.05) is 27.8 Å². The van der Waals surface area contributed by atoms with E-state index >= 15 is 0 Å². The van der Waals surface area contributed by atoms with Gasteiger partial charge in [0.2, 0.25) is 0 Å². The van der Waals surface area contributed by atoms with Crippen molar-refractivity contribution in [3.8, 4) is 39.1 Å². The third kappa shape index (κ3) is 4.92. The molecule has 48 heavy (non-hydrogen) atoms. The molecule has 226 valence electrons. The van der Waals surface area contributed by atoms with Crippen LogP contribution in [0.2, 0.25) is 0 Å². The maximum absolute atomic E-state index is 3.69. The number of hydrogen-bond acceptors (Lipinski definition) is 1. The number of hydrogen-bond donors (Lipinski definition) is 1. The minimum atomic E-state index is 1.05. The fourth-order valence-electron chi connectivity index (χ4n) is 7.09. The highest BCUT2D eigenvalue weighted by atomic mass is 15.0. The van der Waals surface area contributed by atoms with Gasteiger partial charge in [-0.3, -0.25) is 0 Å². The summed E-state index contributed by atoms with van der Waals surface area (Å²) in [6, 6.07) is 67.5. The molecule has 0 unspecified atom stereocenters. The number of rotatable bonds is 6. The summed E-state index contributed by atoms with van der Waals surface area (Å²) in [6.07, 6.45) is 0.